The Bertz CT molecular complexity index is 723. The number of nitrogens with zero attached hydrogens (tertiary/aromatic N) is 2. The minimum absolute atomic E-state index is 0.0433. The van der Waals surface area contributed by atoms with E-state index in [1.54, 1.807) is 18.5 Å². The molecule has 1 aromatic carbocycles. The third-order valence-corrected chi connectivity index (χ3v) is 4.36. The summed E-state index contributed by atoms with van der Waals surface area (Å²) in [5.41, 5.74) is 2.68. The number of aromatic nitrogens is 1. The van der Waals surface area contributed by atoms with Gasteiger partial charge in [0, 0.05) is 50.7 Å². The highest BCUT2D eigenvalue weighted by Gasteiger charge is 2.25. The zero-order chi connectivity index (χ0) is 17.6. The number of rotatable bonds is 5. The molecule has 25 heavy (non-hydrogen) atoms. The molecule has 2 aromatic rings. The number of amides is 1. The molecule has 3 rings (SSSR count). The van der Waals surface area contributed by atoms with Crippen LogP contribution in [0.25, 0.3) is 0 Å². The van der Waals surface area contributed by atoms with Crippen molar-refractivity contribution in [1.29, 1.82) is 0 Å². The molecule has 0 spiro atoms. The molecule has 1 aliphatic rings. The van der Waals surface area contributed by atoms with Crippen LogP contribution in [-0.4, -0.2) is 41.5 Å². The van der Waals surface area contributed by atoms with E-state index in [2.05, 4.69) is 20.5 Å². The maximum absolute atomic E-state index is 14.0. The van der Waals surface area contributed by atoms with Gasteiger partial charge in [-0.25, -0.2) is 4.39 Å². The Hall–Kier alpha value is -2.31. The van der Waals surface area contributed by atoms with Gasteiger partial charge in [0.05, 0.1) is 6.04 Å². The second-order valence-electron chi connectivity index (χ2n) is 6.42. The first-order valence-electron chi connectivity index (χ1n) is 8.49. The molecule has 0 bridgehead atoms. The number of benzene rings is 1. The highest BCUT2D eigenvalue weighted by Crippen LogP contribution is 2.14. The van der Waals surface area contributed by atoms with Gasteiger partial charge in [-0.05, 0) is 24.6 Å². The van der Waals surface area contributed by atoms with Crippen LogP contribution in [0.4, 0.5) is 4.39 Å². The molecule has 2 heterocycles. The molecule has 0 saturated carbocycles. The van der Waals surface area contributed by atoms with Crippen LogP contribution in [0.2, 0.25) is 0 Å². The Balaban J connectivity index is 1.55. The molecule has 1 aliphatic heterocycles. The SMILES string of the molecule is Cc1ccc(F)c(CN2CCNC(C(=O)NCc3cccnc3)C2)c1. The summed E-state index contributed by atoms with van der Waals surface area (Å²) in [6.45, 7) is 4.98. The van der Waals surface area contributed by atoms with Crippen LogP contribution in [0.15, 0.2) is 42.7 Å². The smallest absolute Gasteiger partial charge is 0.238 e. The fourth-order valence-corrected chi connectivity index (χ4v) is 3.01. The second-order valence-corrected chi connectivity index (χ2v) is 6.42. The summed E-state index contributed by atoms with van der Waals surface area (Å²) in [6.07, 6.45) is 3.44. The van der Waals surface area contributed by atoms with Crippen molar-refractivity contribution in [3.05, 3.63) is 65.2 Å². The van der Waals surface area contributed by atoms with E-state index >= 15 is 0 Å². The minimum Gasteiger partial charge on any atom is -0.351 e. The normalized spacial score (nSPS) is 18.1. The Morgan fingerprint density at radius 3 is 3.12 bits per heavy atom. The van der Waals surface area contributed by atoms with E-state index in [0.717, 1.165) is 17.7 Å². The molecule has 1 amide bonds. The van der Waals surface area contributed by atoms with E-state index in [0.29, 0.717) is 31.7 Å². The van der Waals surface area contributed by atoms with Gasteiger partial charge < -0.3 is 10.6 Å². The highest BCUT2D eigenvalue weighted by atomic mass is 19.1. The average molecular weight is 342 g/mol. The molecule has 1 aromatic heterocycles. The minimum atomic E-state index is -0.293. The van der Waals surface area contributed by atoms with Crippen molar-refractivity contribution in [2.45, 2.75) is 26.1 Å². The number of pyridine rings is 1. The van der Waals surface area contributed by atoms with Crippen molar-refractivity contribution in [3.8, 4) is 0 Å². The maximum Gasteiger partial charge on any atom is 0.238 e. The molecule has 0 aliphatic carbocycles. The summed E-state index contributed by atoms with van der Waals surface area (Å²) in [6, 6.07) is 8.62. The molecule has 1 atom stereocenters. The van der Waals surface area contributed by atoms with Gasteiger partial charge in [-0.3, -0.25) is 14.7 Å². The fraction of sp³-hybridized carbons (Fsp3) is 0.368. The van der Waals surface area contributed by atoms with E-state index in [1.165, 1.54) is 6.07 Å². The lowest BCUT2D eigenvalue weighted by atomic mass is 10.1. The van der Waals surface area contributed by atoms with Gasteiger partial charge >= 0.3 is 0 Å². The van der Waals surface area contributed by atoms with E-state index in [9.17, 15) is 9.18 Å². The summed E-state index contributed by atoms with van der Waals surface area (Å²) in [7, 11) is 0. The van der Waals surface area contributed by atoms with Gasteiger partial charge in [0.15, 0.2) is 0 Å². The van der Waals surface area contributed by atoms with Crippen LogP contribution in [-0.2, 0) is 17.9 Å². The number of nitrogens with one attached hydrogen (secondary N) is 2. The molecular formula is C19H23FN4O. The van der Waals surface area contributed by atoms with Gasteiger partial charge in [0.25, 0.3) is 0 Å². The lowest BCUT2D eigenvalue weighted by Crippen LogP contribution is -2.56. The second kappa shape index (κ2) is 8.18. The Kier molecular flexibility index (Phi) is 5.73. The predicted molar refractivity (Wildman–Crippen MR) is 94.3 cm³/mol. The summed E-state index contributed by atoms with van der Waals surface area (Å²) >= 11 is 0. The number of piperazine rings is 1. The molecule has 5 nitrogen and oxygen atoms in total. The van der Waals surface area contributed by atoms with E-state index < -0.39 is 0 Å². The van der Waals surface area contributed by atoms with Crippen LogP contribution in [0.5, 0.6) is 0 Å². The maximum atomic E-state index is 14.0. The first kappa shape index (κ1) is 17.5. The number of hydrogen-bond acceptors (Lipinski definition) is 4. The number of halogens is 1. The molecule has 0 radical (unpaired) electrons. The lowest BCUT2D eigenvalue weighted by Gasteiger charge is -2.33. The zero-order valence-electron chi connectivity index (χ0n) is 14.3. The Morgan fingerprint density at radius 2 is 2.32 bits per heavy atom. The summed E-state index contributed by atoms with van der Waals surface area (Å²) in [4.78, 5) is 18.5. The monoisotopic (exact) mass is 342 g/mol. The molecule has 2 N–H and O–H groups in total. The average Bonchev–Trinajstić information content (AvgIpc) is 2.64. The third kappa shape index (κ3) is 4.84. The Morgan fingerprint density at radius 1 is 1.44 bits per heavy atom. The van der Waals surface area contributed by atoms with Crippen LogP contribution >= 0.6 is 0 Å². The summed E-state index contributed by atoms with van der Waals surface area (Å²) < 4.78 is 14.0. The van der Waals surface area contributed by atoms with Crippen molar-refractivity contribution in [3.63, 3.8) is 0 Å². The predicted octanol–water partition coefficient (Wildman–Crippen LogP) is 1.62. The van der Waals surface area contributed by atoms with Crippen LogP contribution in [0.3, 0.4) is 0 Å². The quantitative estimate of drug-likeness (QED) is 0.867. The molecule has 1 saturated heterocycles. The van der Waals surface area contributed by atoms with Gasteiger partial charge in [-0.2, -0.15) is 0 Å². The molecule has 6 heteroatoms. The first-order chi connectivity index (χ1) is 12.1. The lowest BCUT2D eigenvalue weighted by molar-refractivity contribution is -0.124. The van der Waals surface area contributed by atoms with Crippen molar-refractivity contribution in [1.82, 2.24) is 20.5 Å². The van der Waals surface area contributed by atoms with Crippen molar-refractivity contribution in [2.24, 2.45) is 0 Å². The number of hydrogen-bond donors (Lipinski definition) is 2. The topological polar surface area (TPSA) is 57.3 Å². The van der Waals surface area contributed by atoms with Crippen molar-refractivity contribution in [2.75, 3.05) is 19.6 Å². The molecule has 1 unspecified atom stereocenters. The third-order valence-electron chi connectivity index (χ3n) is 4.36. The van der Waals surface area contributed by atoms with E-state index in [-0.39, 0.29) is 17.8 Å². The number of carbonyl (C=O) groups is 1. The fourth-order valence-electron chi connectivity index (χ4n) is 3.01. The van der Waals surface area contributed by atoms with Crippen LogP contribution in [0.1, 0.15) is 16.7 Å². The van der Waals surface area contributed by atoms with Gasteiger partial charge in [0.2, 0.25) is 5.91 Å². The van der Waals surface area contributed by atoms with Gasteiger partial charge in [-0.15, -0.1) is 0 Å². The summed E-state index contributed by atoms with van der Waals surface area (Å²) in [5, 5.41) is 6.17. The van der Waals surface area contributed by atoms with Crippen LogP contribution < -0.4 is 10.6 Å². The molecule has 1 fully saturated rings. The molecular weight excluding hydrogens is 319 g/mol. The van der Waals surface area contributed by atoms with Crippen molar-refractivity contribution < 1.29 is 9.18 Å². The standard InChI is InChI=1S/C19H23FN4O/c1-14-4-5-17(20)16(9-14)12-24-8-7-22-18(13-24)19(25)23-11-15-3-2-6-21-10-15/h2-6,9-10,18,22H,7-8,11-13H2,1H3,(H,23,25). The zero-order valence-corrected chi connectivity index (χ0v) is 14.3. The van der Waals surface area contributed by atoms with Gasteiger partial charge in [-0.1, -0.05) is 23.8 Å². The highest BCUT2D eigenvalue weighted by molar-refractivity contribution is 5.82. The largest absolute Gasteiger partial charge is 0.351 e. The first-order valence-corrected chi connectivity index (χ1v) is 8.49. The van der Waals surface area contributed by atoms with Crippen LogP contribution in [0, 0.1) is 12.7 Å². The Labute approximate surface area is 147 Å². The van der Waals surface area contributed by atoms with E-state index in [1.807, 2.05) is 25.1 Å². The van der Waals surface area contributed by atoms with Gasteiger partial charge in [0.1, 0.15) is 5.82 Å². The molecule has 132 valence electrons. The van der Waals surface area contributed by atoms with E-state index in [4.69, 9.17) is 0 Å². The number of aryl methyl sites for hydroxylation is 1. The number of carbonyl (C=O) groups excluding carboxylic acids is 1. The van der Waals surface area contributed by atoms with Crippen molar-refractivity contribution >= 4 is 5.91 Å². The summed E-state index contributed by atoms with van der Waals surface area (Å²) in [5.74, 6) is -0.236.